The number of hydrogen-bond acceptors (Lipinski definition) is 21. The van der Waals surface area contributed by atoms with Crippen molar-refractivity contribution >= 4 is 11.7 Å². The van der Waals surface area contributed by atoms with Crippen molar-refractivity contribution in [2.24, 2.45) is 29.4 Å². The highest BCUT2D eigenvalue weighted by Gasteiger charge is 2.44. The Morgan fingerprint density at radius 3 is 1.73 bits per heavy atom. The number of nitrogens with one attached hydrogen (secondary N) is 2. The molecule has 0 spiro atoms. The van der Waals surface area contributed by atoms with Gasteiger partial charge in [-0.2, -0.15) is 0 Å². The van der Waals surface area contributed by atoms with Gasteiger partial charge in [0.2, 0.25) is 5.91 Å². The molecule has 0 aromatic heterocycles. The summed E-state index contributed by atoms with van der Waals surface area (Å²) in [5.74, 6) is -1.14. The van der Waals surface area contributed by atoms with Crippen LogP contribution in [0.3, 0.4) is 0 Å². The van der Waals surface area contributed by atoms with Crippen LogP contribution in [0, 0.1) is 23.7 Å². The zero-order valence-corrected chi connectivity index (χ0v) is 58.3. The van der Waals surface area contributed by atoms with Gasteiger partial charge in [-0.15, -0.1) is 0 Å². The number of carbonyl (C=O) groups excluding carboxylic acids is 2. The van der Waals surface area contributed by atoms with Gasteiger partial charge in [0, 0.05) is 49.6 Å². The van der Waals surface area contributed by atoms with Gasteiger partial charge in [0.15, 0.2) is 12.1 Å². The SMILES string of the molecule is C/C=C/C=C/CC(OC1OC(C)C(O)C(O)C1O)C(C)C(CC(O)CC(O)CC(O)/C=C/CC(O)CC(O)CC(O)CC(O)/C=C/CC(O)CC(O)CCCN)NCC(C)C.C=C/C=C/C=C/C(O)C(C)C(O)C(C)/C=C/CC/C=C/C=C/C=C/C=C/C(=O)NC1=C(O)CCC1=O. The van der Waals surface area contributed by atoms with E-state index in [9.17, 15) is 86.2 Å². The summed E-state index contributed by atoms with van der Waals surface area (Å²) in [6.07, 6.45) is 27.5. The van der Waals surface area contributed by atoms with E-state index in [1.165, 1.54) is 24.3 Å². The first kappa shape index (κ1) is 89.9. The fourth-order valence-electron chi connectivity index (χ4n) is 10.6. The molecule has 1 heterocycles. The first-order chi connectivity index (χ1) is 46.0. The molecule has 1 saturated heterocycles. The molecule has 0 radical (unpaired) electrons. The third-order valence-electron chi connectivity index (χ3n) is 16.5. The van der Waals surface area contributed by atoms with Crippen LogP contribution in [0.15, 0.2) is 158 Å². The maximum atomic E-state index is 11.8. The van der Waals surface area contributed by atoms with Gasteiger partial charge in [0.05, 0.1) is 79.4 Å². The molecule has 0 bridgehead atoms. The fraction of sp³-hybridized carbons (Fsp3) is 0.627. The van der Waals surface area contributed by atoms with E-state index in [4.69, 9.17) is 15.2 Å². The second-order valence-electron chi connectivity index (χ2n) is 25.9. The summed E-state index contributed by atoms with van der Waals surface area (Å²) in [4.78, 5) is 23.3. The number of aliphatic hydroxyl groups is 15. The summed E-state index contributed by atoms with van der Waals surface area (Å²) < 4.78 is 12.0. The summed E-state index contributed by atoms with van der Waals surface area (Å²) in [7, 11) is 0. The van der Waals surface area contributed by atoms with Crippen molar-refractivity contribution in [2.75, 3.05) is 13.1 Å². The molecule has 552 valence electrons. The number of ketones is 1. The van der Waals surface area contributed by atoms with E-state index in [1.54, 1.807) is 61.6 Å². The standard InChI is InChI=1S/C45H84N2O14.C30H39NO5/c1-6-7-8-9-18-41(61-45-44(59)43(58)42(57)30(5)60-45)29(4)40(47-27-28(2)3)26-39(56)25-38(55)23-34(51)16-11-15-33(50)22-37(54)24-36(53)21-32(49)14-10-13-31(48)20-35(52)17-12-19-46;1-4-5-6-16-19-25(32)24(3)30(36)23(2)18-15-13-11-9-7-8-10-12-14-17-20-28(35)31-29-26(33)21-22-27(29)34/h6-11,14,16,28-45,47-59H,12-13,15,17-27,46H2,1-5H3;4-10,12,14-20,23-25,30,32-33,36H,1,11,13,21-22H2,2-3H3,(H,31,35)/b7-6+,9-8+,14-10+,16-11+;6-5+,9-7+,10-8+,14-12+,18-15+,19-16+,20-17+. The average molecular weight is 1370 g/mol. The summed E-state index contributed by atoms with van der Waals surface area (Å²) in [6, 6.07) is -0.314. The molecule has 2 aliphatic rings. The molecule has 21 unspecified atom stereocenters. The van der Waals surface area contributed by atoms with Gasteiger partial charge in [0.25, 0.3) is 0 Å². The monoisotopic (exact) mass is 1370 g/mol. The van der Waals surface area contributed by atoms with Crippen molar-refractivity contribution in [1.82, 2.24) is 10.6 Å². The number of allylic oxidation sites excluding steroid dienone is 17. The Balaban J connectivity index is 0.00000111. The van der Waals surface area contributed by atoms with E-state index < -0.39 is 110 Å². The third-order valence-corrected chi connectivity index (χ3v) is 16.5. The number of ether oxygens (including phenoxy) is 2. The molecule has 2 rings (SSSR count). The van der Waals surface area contributed by atoms with Crippen LogP contribution in [0.4, 0.5) is 0 Å². The van der Waals surface area contributed by atoms with Crippen LogP contribution in [0.5, 0.6) is 0 Å². The molecule has 21 atom stereocenters. The first-order valence-electron chi connectivity index (χ1n) is 34.5. The van der Waals surface area contributed by atoms with E-state index >= 15 is 0 Å². The van der Waals surface area contributed by atoms with Gasteiger partial charge in [-0.3, -0.25) is 9.59 Å². The average Bonchev–Trinajstić information content (AvgIpc) is 1.41. The number of carbonyl (C=O) groups is 2. The molecule has 0 aromatic rings. The topological polar surface area (TPSA) is 406 Å². The van der Waals surface area contributed by atoms with E-state index in [-0.39, 0.29) is 118 Å². The molecular weight excluding hydrogens is 1250 g/mol. The zero-order valence-electron chi connectivity index (χ0n) is 58.3. The number of nitrogens with two attached hydrogens (primary N) is 1. The highest BCUT2D eigenvalue weighted by atomic mass is 16.7. The Morgan fingerprint density at radius 2 is 1.15 bits per heavy atom. The molecule has 0 saturated carbocycles. The fourth-order valence-corrected chi connectivity index (χ4v) is 10.6. The van der Waals surface area contributed by atoms with Crippen LogP contribution in [-0.2, 0) is 19.1 Å². The van der Waals surface area contributed by atoms with Gasteiger partial charge in [-0.1, -0.05) is 175 Å². The quantitative estimate of drug-likeness (QED) is 0.0151. The summed E-state index contributed by atoms with van der Waals surface area (Å²) in [5.41, 5.74) is 5.42. The zero-order chi connectivity index (χ0) is 72.8. The molecular formula is C75H123N3O19. The molecule has 22 nitrogen and oxygen atoms in total. The molecule has 0 aromatic carbocycles. The minimum atomic E-state index is -1.48. The lowest BCUT2D eigenvalue weighted by Gasteiger charge is -2.42. The minimum Gasteiger partial charge on any atom is -0.510 e. The van der Waals surface area contributed by atoms with Gasteiger partial charge >= 0.3 is 0 Å². The van der Waals surface area contributed by atoms with Crippen molar-refractivity contribution < 1.29 is 95.7 Å². The Hall–Kier alpha value is -5.16. The third kappa shape index (κ3) is 41.2. The molecule has 1 aliphatic heterocycles. The maximum Gasteiger partial charge on any atom is 0.248 e. The Morgan fingerprint density at radius 1 is 0.608 bits per heavy atom. The van der Waals surface area contributed by atoms with E-state index in [2.05, 4.69) is 31.1 Å². The first-order valence-corrected chi connectivity index (χ1v) is 34.5. The Labute approximate surface area is 577 Å². The van der Waals surface area contributed by atoms with E-state index in [0.717, 1.165) is 12.8 Å². The van der Waals surface area contributed by atoms with Crippen LogP contribution in [-0.4, -0.2) is 211 Å². The second kappa shape index (κ2) is 52.8. The smallest absolute Gasteiger partial charge is 0.248 e. The number of Topliss-reactive ketones (excluding diaryl/α,β-unsaturated/α-hetero) is 1. The molecule has 97 heavy (non-hydrogen) atoms. The molecule has 19 N–H and O–H groups in total. The van der Waals surface area contributed by atoms with Crippen molar-refractivity contribution in [3.05, 3.63) is 158 Å². The van der Waals surface area contributed by atoms with E-state index in [1.807, 2.05) is 88.5 Å². The number of rotatable bonds is 48. The Kier molecular flexibility index (Phi) is 48.9. The molecule has 1 aliphatic carbocycles. The maximum absolute atomic E-state index is 11.8. The number of hydrogen-bond donors (Lipinski definition) is 18. The number of unbranched alkanes of at least 4 members (excludes halogenated alkanes) is 1. The van der Waals surface area contributed by atoms with Crippen LogP contribution in [0.2, 0.25) is 0 Å². The van der Waals surface area contributed by atoms with Gasteiger partial charge in [-0.25, -0.2) is 0 Å². The predicted molar refractivity (Wildman–Crippen MR) is 380 cm³/mol. The highest BCUT2D eigenvalue weighted by Crippen LogP contribution is 2.29. The lowest BCUT2D eigenvalue weighted by atomic mass is 9.87. The lowest BCUT2D eigenvalue weighted by molar-refractivity contribution is -0.307. The largest absolute Gasteiger partial charge is 0.510 e. The normalized spacial score (nSPS) is 23.6. The van der Waals surface area contributed by atoms with Crippen molar-refractivity contribution in [3.8, 4) is 0 Å². The number of aliphatic hydroxyl groups excluding tert-OH is 15. The molecule has 22 heteroatoms. The second-order valence-corrected chi connectivity index (χ2v) is 25.9. The van der Waals surface area contributed by atoms with Crippen LogP contribution in [0.1, 0.15) is 151 Å². The van der Waals surface area contributed by atoms with Crippen LogP contribution >= 0.6 is 0 Å². The molecule has 1 fully saturated rings. The summed E-state index contributed by atoms with van der Waals surface area (Å²) in [6.45, 7) is 18.0. The summed E-state index contributed by atoms with van der Waals surface area (Å²) in [5, 5.41) is 161. The summed E-state index contributed by atoms with van der Waals surface area (Å²) >= 11 is 0. The highest BCUT2D eigenvalue weighted by molar-refractivity contribution is 6.03. The van der Waals surface area contributed by atoms with Crippen molar-refractivity contribution in [2.45, 2.75) is 261 Å². The predicted octanol–water partition coefficient (Wildman–Crippen LogP) is 5.67. The van der Waals surface area contributed by atoms with Crippen molar-refractivity contribution in [3.63, 3.8) is 0 Å². The Bertz CT molecular complexity index is 2530. The molecule has 1 amide bonds. The van der Waals surface area contributed by atoms with Gasteiger partial charge in [0.1, 0.15) is 29.8 Å². The van der Waals surface area contributed by atoms with E-state index in [0.29, 0.717) is 32.4 Å². The minimum absolute atomic E-state index is 0.00621. The van der Waals surface area contributed by atoms with Crippen LogP contribution in [0.25, 0.3) is 0 Å². The van der Waals surface area contributed by atoms with Crippen LogP contribution < -0.4 is 16.4 Å². The number of amides is 1. The lowest BCUT2D eigenvalue weighted by Crippen LogP contribution is -2.58. The van der Waals surface area contributed by atoms with Crippen molar-refractivity contribution in [1.29, 1.82) is 0 Å². The van der Waals surface area contributed by atoms with Gasteiger partial charge in [-0.05, 0) is 116 Å². The van der Waals surface area contributed by atoms with Gasteiger partial charge < -0.3 is 102 Å².